The zero-order valence-corrected chi connectivity index (χ0v) is 19.0. The molecule has 0 saturated carbocycles. The fourth-order valence-electron chi connectivity index (χ4n) is 3.51. The predicted molar refractivity (Wildman–Crippen MR) is 121 cm³/mol. The topological polar surface area (TPSA) is 78.6 Å². The summed E-state index contributed by atoms with van der Waals surface area (Å²) in [6.07, 6.45) is 1.62. The lowest BCUT2D eigenvalue weighted by atomic mass is 10.2. The third kappa shape index (κ3) is 4.58. The zero-order valence-electron chi connectivity index (χ0n) is 18.1. The molecule has 0 radical (unpaired) electrons. The summed E-state index contributed by atoms with van der Waals surface area (Å²) in [6.45, 7) is 3.23. The van der Waals surface area contributed by atoms with Gasteiger partial charge in [-0.25, -0.2) is 9.48 Å². The quantitative estimate of drug-likeness (QED) is 0.288. The number of nitrogens with zero attached hydrogens (tertiary/aromatic N) is 4. The van der Waals surface area contributed by atoms with E-state index in [0.29, 0.717) is 53.2 Å². The zero-order chi connectivity index (χ0) is 22.7. The van der Waals surface area contributed by atoms with Crippen LogP contribution in [-0.4, -0.2) is 39.4 Å². The van der Waals surface area contributed by atoms with Gasteiger partial charge in [-0.1, -0.05) is 30.3 Å². The van der Waals surface area contributed by atoms with Gasteiger partial charge in [0.15, 0.2) is 16.4 Å². The molecule has 4 aromatic rings. The first kappa shape index (κ1) is 21.8. The molecular weight excluding hydrogens is 428 g/mol. The predicted octanol–water partition coefficient (Wildman–Crippen LogP) is 4.50. The highest BCUT2D eigenvalue weighted by Gasteiger charge is 2.19. The maximum atomic E-state index is 11.8. The summed E-state index contributed by atoms with van der Waals surface area (Å²) in [5, 5.41) is 4.73. The van der Waals surface area contributed by atoms with Gasteiger partial charge in [-0.3, -0.25) is 9.47 Å². The van der Waals surface area contributed by atoms with Crippen LogP contribution < -0.4 is 0 Å². The van der Waals surface area contributed by atoms with Crippen molar-refractivity contribution in [3.05, 3.63) is 82.2 Å². The van der Waals surface area contributed by atoms with E-state index in [0.717, 1.165) is 5.56 Å². The molecule has 0 aliphatic rings. The first-order valence-corrected chi connectivity index (χ1v) is 10.5. The molecule has 3 heterocycles. The van der Waals surface area contributed by atoms with Crippen molar-refractivity contribution in [2.45, 2.75) is 26.7 Å². The van der Waals surface area contributed by atoms with Gasteiger partial charge in [0, 0.05) is 0 Å². The minimum absolute atomic E-state index is 0.412. The Morgan fingerprint density at radius 2 is 2.00 bits per heavy atom. The van der Waals surface area contributed by atoms with Gasteiger partial charge in [0.25, 0.3) is 0 Å². The molecule has 0 aliphatic carbocycles. The highest BCUT2D eigenvalue weighted by atomic mass is 32.1. The summed E-state index contributed by atoms with van der Waals surface area (Å²) in [4.78, 5) is 13.8. The van der Waals surface area contributed by atoms with Gasteiger partial charge in [-0.05, 0) is 50.0 Å². The lowest BCUT2D eigenvalue weighted by Gasteiger charge is -2.14. The second-order valence-corrected chi connectivity index (χ2v) is 7.85. The molecular formula is C23H24N4O4S. The van der Waals surface area contributed by atoms with Gasteiger partial charge < -0.3 is 13.6 Å². The number of ether oxygens (including phenoxy) is 1. The number of rotatable bonds is 8. The third-order valence-corrected chi connectivity index (χ3v) is 5.45. The summed E-state index contributed by atoms with van der Waals surface area (Å²) in [6, 6.07) is 15.5. The Balaban J connectivity index is 1.58. The first-order valence-electron chi connectivity index (χ1n) is 10.1. The molecule has 0 N–H and O–H groups in total. The van der Waals surface area contributed by atoms with Gasteiger partial charge in [-0.2, -0.15) is 0 Å². The second kappa shape index (κ2) is 9.37. The highest BCUT2D eigenvalue weighted by molar-refractivity contribution is 7.71. The van der Waals surface area contributed by atoms with Crippen molar-refractivity contribution in [2.24, 2.45) is 0 Å². The van der Waals surface area contributed by atoms with E-state index in [4.69, 9.17) is 30.9 Å². The molecule has 0 unspecified atom stereocenters. The number of carbonyl (C=O) groups is 1. The minimum Gasteiger partial charge on any atom is -0.465 e. The van der Waals surface area contributed by atoms with Crippen molar-refractivity contribution in [3.8, 4) is 11.6 Å². The minimum atomic E-state index is -0.412. The number of carbonyl (C=O) groups excluding carboxylic acids is 1. The van der Waals surface area contributed by atoms with E-state index >= 15 is 0 Å². The van der Waals surface area contributed by atoms with Crippen molar-refractivity contribution in [2.75, 3.05) is 14.2 Å². The number of esters is 1. The molecule has 0 bridgehead atoms. The van der Waals surface area contributed by atoms with E-state index in [1.165, 1.54) is 7.11 Å². The molecule has 9 heteroatoms. The van der Waals surface area contributed by atoms with E-state index in [1.807, 2.05) is 46.8 Å². The standard InChI is InChI=1S/C23H24N4O4S/c1-16-19(22(28)29-3)12-18(31-16)14-25(2)15-27-23(32)26(13-17-8-5-4-6-9-17)21(24-27)20-10-7-11-30-20/h4-12H,13-15H2,1-3H3. The summed E-state index contributed by atoms with van der Waals surface area (Å²) >= 11 is 5.75. The number of furan rings is 2. The van der Waals surface area contributed by atoms with Gasteiger partial charge in [0.05, 0.1) is 33.1 Å². The molecule has 3 aromatic heterocycles. The molecule has 4 rings (SSSR count). The van der Waals surface area contributed by atoms with E-state index in [9.17, 15) is 4.79 Å². The Hall–Kier alpha value is -3.43. The number of methoxy groups -OCH3 is 1. The second-order valence-electron chi connectivity index (χ2n) is 7.48. The van der Waals surface area contributed by atoms with Crippen molar-refractivity contribution < 1.29 is 18.4 Å². The van der Waals surface area contributed by atoms with Crippen molar-refractivity contribution in [3.63, 3.8) is 0 Å². The van der Waals surface area contributed by atoms with Gasteiger partial charge >= 0.3 is 5.97 Å². The highest BCUT2D eigenvalue weighted by Crippen LogP contribution is 2.21. The lowest BCUT2D eigenvalue weighted by molar-refractivity contribution is 0.0599. The summed E-state index contributed by atoms with van der Waals surface area (Å²) in [7, 11) is 3.28. The average Bonchev–Trinajstić information content (AvgIpc) is 3.50. The normalized spacial score (nSPS) is 11.2. The Labute approximate surface area is 190 Å². The average molecular weight is 453 g/mol. The van der Waals surface area contributed by atoms with Crippen molar-refractivity contribution in [1.82, 2.24) is 19.2 Å². The van der Waals surface area contributed by atoms with Crippen LogP contribution in [0.3, 0.4) is 0 Å². The number of aromatic nitrogens is 3. The summed E-state index contributed by atoms with van der Waals surface area (Å²) in [5.74, 6) is 2.10. The van der Waals surface area contributed by atoms with Crippen molar-refractivity contribution >= 4 is 18.2 Å². The third-order valence-electron chi connectivity index (χ3n) is 5.02. The fraction of sp³-hybridized carbons (Fsp3) is 0.261. The van der Waals surface area contributed by atoms with Gasteiger partial charge in [-0.15, -0.1) is 5.10 Å². The lowest BCUT2D eigenvalue weighted by Crippen LogP contribution is -2.22. The summed E-state index contributed by atoms with van der Waals surface area (Å²) < 4.78 is 20.4. The van der Waals surface area contributed by atoms with Crippen LogP contribution in [0.4, 0.5) is 0 Å². The molecule has 0 spiro atoms. The molecule has 1 aromatic carbocycles. The Morgan fingerprint density at radius 3 is 2.69 bits per heavy atom. The largest absolute Gasteiger partial charge is 0.465 e. The molecule has 32 heavy (non-hydrogen) atoms. The molecule has 8 nitrogen and oxygen atoms in total. The maximum absolute atomic E-state index is 11.8. The van der Waals surface area contributed by atoms with Crippen LogP contribution in [0.2, 0.25) is 0 Å². The van der Waals surface area contributed by atoms with E-state index < -0.39 is 5.97 Å². The van der Waals surface area contributed by atoms with Crippen LogP contribution in [0, 0.1) is 11.7 Å². The van der Waals surface area contributed by atoms with Gasteiger partial charge in [0.1, 0.15) is 17.1 Å². The molecule has 0 amide bonds. The maximum Gasteiger partial charge on any atom is 0.341 e. The Morgan fingerprint density at radius 1 is 1.22 bits per heavy atom. The molecule has 0 fully saturated rings. The SMILES string of the molecule is COC(=O)c1cc(CN(C)Cn2nc(-c3ccco3)n(Cc3ccccc3)c2=S)oc1C. The van der Waals surface area contributed by atoms with Crippen LogP contribution >= 0.6 is 12.2 Å². The van der Waals surface area contributed by atoms with E-state index in [-0.39, 0.29) is 0 Å². The Bertz CT molecular complexity index is 1260. The van der Waals surface area contributed by atoms with Crippen LogP contribution in [0.15, 0.2) is 63.6 Å². The fourth-order valence-corrected chi connectivity index (χ4v) is 3.76. The molecule has 0 saturated heterocycles. The van der Waals surface area contributed by atoms with Gasteiger partial charge in [0.2, 0.25) is 0 Å². The molecule has 0 aliphatic heterocycles. The number of aryl methyl sites for hydroxylation is 1. The van der Waals surface area contributed by atoms with Crippen LogP contribution in [0.1, 0.15) is 27.4 Å². The molecule has 166 valence electrons. The number of benzene rings is 1. The van der Waals surface area contributed by atoms with E-state index in [1.54, 1.807) is 23.9 Å². The Kier molecular flexibility index (Phi) is 6.38. The molecule has 0 atom stereocenters. The number of hydrogen-bond acceptors (Lipinski definition) is 7. The van der Waals surface area contributed by atoms with Crippen LogP contribution in [-0.2, 0) is 24.5 Å². The van der Waals surface area contributed by atoms with Crippen LogP contribution in [0.25, 0.3) is 11.6 Å². The summed E-state index contributed by atoms with van der Waals surface area (Å²) in [5.41, 5.74) is 1.55. The van der Waals surface area contributed by atoms with Crippen LogP contribution in [0.5, 0.6) is 0 Å². The monoisotopic (exact) mass is 452 g/mol. The first-order chi connectivity index (χ1) is 15.5. The van der Waals surface area contributed by atoms with E-state index in [2.05, 4.69) is 12.1 Å². The van der Waals surface area contributed by atoms with Crippen molar-refractivity contribution in [1.29, 1.82) is 0 Å². The smallest absolute Gasteiger partial charge is 0.341 e. The number of hydrogen-bond donors (Lipinski definition) is 0.